The third-order valence-electron chi connectivity index (χ3n) is 5.95. The van der Waals surface area contributed by atoms with Gasteiger partial charge in [-0.25, -0.2) is 8.42 Å². The van der Waals surface area contributed by atoms with Crippen molar-refractivity contribution in [2.45, 2.75) is 29.7 Å². The fourth-order valence-electron chi connectivity index (χ4n) is 3.94. The second kappa shape index (κ2) is 9.14. The molecule has 1 amide bonds. The first-order chi connectivity index (χ1) is 16.2. The summed E-state index contributed by atoms with van der Waals surface area (Å²) in [6.07, 6.45) is 2.69. The van der Waals surface area contributed by atoms with Crippen LogP contribution < -0.4 is 14.8 Å². The third kappa shape index (κ3) is 4.58. The predicted molar refractivity (Wildman–Crippen MR) is 126 cm³/mol. The summed E-state index contributed by atoms with van der Waals surface area (Å²) in [7, 11) is -2.76. The van der Waals surface area contributed by atoms with Crippen LogP contribution in [0.25, 0.3) is 0 Å². The van der Waals surface area contributed by atoms with Crippen LogP contribution in [0, 0.1) is 10.1 Å². The maximum absolute atomic E-state index is 12.9. The Hall–Kier alpha value is -3.92. The standard InChI is InChI=1S/C24H23N3O6S/c1-33-22-13-10-19(27(29)30)16-21(22)26-34(31,32)20-11-8-17(9-12-20)23(28)25-24(14-5-15-24)18-6-3-2-4-7-18/h2-4,6-13,16,26H,5,14-15H2,1H3,(H,25,28). The Morgan fingerprint density at radius 3 is 2.26 bits per heavy atom. The van der Waals surface area contributed by atoms with Crippen molar-refractivity contribution in [1.82, 2.24) is 5.32 Å². The average molecular weight is 482 g/mol. The van der Waals surface area contributed by atoms with Gasteiger partial charge in [0.1, 0.15) is 5.75 Å². The van der Waals surface area contributed by atoms with Crippen LogP contribution in [-0.4, -0.2) is 26.4 Å². The van der Waals surface area contributed by atoms with Crippen molar-refractivity contribution in [2.75, 3.05) is 11.8 Å². The van der Waals surface area contributed by atoms with Gasteiger partial charge in [0.05, 0.1) is 28.2 Å². The highest BCUT2D eigenvalue weighted by atomic mass is 32.2. The number of benzene rings is 3. The lowest BCUT2D eigenvalue weighted by atomic mass is 9.71. The van der Waals surface area contributed by atoms with Crippen molar-refractivity contribution >= 4 is 27.3 Å². The molecule has 0 aliphatic heterocycles. The molecule has 0 bridgehead atoms. The zero-order valence-corrected chi connectivity index (χ0v) is 19.2. The Balaban J connectivity index is 1.53. The molecule has 10 heteroatoms. The summed E-state index contributed by atoms with van der Waals surface area (Å²) in [5, 5.41) is 14.2. The summed E-state index contributed by atoms with van der Waals surface area (Å²) in [6, 6.07) is 18.9. The van der Waals surface area contributed by atoms with Gasteiger partial charge in [-0.2, -0.15) is 0 Å². The first-order valence-corrected chi connectivity index (χ1v) is 12.1. The van der Waals surface area contributed by atoms with E-state index in [9.17, 15) is 23.3 Å². The minimum Gasteiger partial charge on any atom is -0.495 e. The van der Waals surface area contributed by atoms with Gasteiger partial charge < -0.3 is 10.1 Å². The number of methoxy groups -OCH3 is 1. The molecule has 0 spiro atoms. The molecule has 34 heavy (non-hydrogen) atoms. The highest BCUT2D eigenvalue weighted by molar-refractivity contribution is 7.92. The van der Waals surface area contributed by atoms with Crippen molar-refractivity contribution in [3.63, 3.8) is 0 Å². The van der Waals surface area contributed by atoms with E-state index in [1.165, 1.54) is 43.5 Å². The monoisotopic (exact) mass is 481 g/mol. The zero-order chi connectivity index (χ0) is 24.3. The number of nitrogens with zero attached hydrogens (tertiary/aromatic N) is 1. The lowest BCUT2D eigenvalue weighted by Crippen LogP contribution is -2.50. The van der Waals surface area contributed by atoms with E-state index >= 15 is 0 Å². The van der Waals surface area contributed by atoms with Gasteiger partial charge in [0, 0.05) is 17.7 Å². The van der Waals surface area contributed by atoms with Gasteiger partial charge in [0.25, 0.3) is 21.6 Å². The first-order valence-electron chi connectivity index (χ1n) is 10.6. The van der Waals surface area contributed by atoms with Gasteiger partial charge in [-0.3, -0.25) is 19.6 Å². The molecule has 1 aliphatic rings. The quantitative estimate of drug-likeness (QED) is 0.366. The van der Waals surface area contributed by atoms with Gasteiger partial charge in [-0.15, -0.1) is 0 Å². The molecule has 176 valence electrons. The average Bonchev–Trinajstić information content (AvgIpc) is 2.81. The van der Waals surface area contributed by atoms with Crippen LogP contribution in [0.4, 0.5) is 11.4 Å². The van der Waals surface area contributed by atoms with E-state index < -0.39 is 20.5 Å². The molecule has 0 saturated heterocycles. The van der Waals surface area contributed by atoms with E-state index in [1.807, 2.05) is 30.3 Å². The lowest BCUT2D eigenvalue weighted by Gasteiger charge is -2.43. The van der Waals surface area contributed by atoms with Gasteiger partial charge in [-0.1, -0.05) is 30.3 Å². The van der Waals surface area contributed by atoms with Crippen molar-refractivity contribution in [1.29, 1.82) is 0 Å². The molecule has 0 radical (unpaired) electrons. The van der Waals surface area contributed by atoms with Gasteiger partial charge in [-0.05, 0) is 55.2 Å². The van der Waals surface area contributed by atoms with Gasteiger partial charge in [0.2, 0.25) is 0 Å². The number of non-ortho nitro benzene ring substituents is 1. The topological polar surface area (TPSA) is 128 Å². The van der Waals surface area contributed by atoms with Gasteiger partial charge >= 0.3 is 0 Å². The molecule has 1 fully saturated rings. The number of ether oxygens (including phenoxy) is 1. The molecule has 4 rings (SSSR count). The van der Waals surface area contributed by atoms with E-state index in [0.717, 1.165) is 30.9 Å². The van der Waals surface area contributed by atoms with Crippen LogP contribution in [0.2, 0.25) is 0 Å². The summed E-state index contributed by atoms with van der Waals surface area (Å²) < 4.78 is 33.2. The number of amides is 1. The number of nitrogens with one attached hydrogen (secondary N) is 2. The second-order valence-electron chi connectivity index (χ2n) is 8.03. The van der Waals surface area contributed by atoms with E-state index in [4.69, 9.17) is 4.74 Å². The molecule has 3 aromatic carbocycles. The molecule has 2 N–H and O–H groups in total. The maximum Gasteiger partial charge on any atom is 0.271 e. The Bertz CT molecular complexity index is 1320. The minimum atomic E-state index is -4.09. The van der Waals surface area contributed by atoms with E-state index in [2.05, 4.69) is 10.0 Å². The maximum atomic E-state index is 12.9. The summed E-state index contributed by atoms with van der Waals surface area (Å²) in [4.78, 5) is 23.2. The summed E-state index contributed by atoms with van der Waals surface area (Å²) in [5.41, 5.74) is 0.614. The molecule has 0 heterocycles. The molecule has 0 atom stereocenters. The van der Waals surface area contributed by atoms with Crippen molar-refractivity contribution in [2.24, 2.45) is 0 Å². The number of nitro benzene ring substituents is 1. The smallest absolute Gasteiger partial charge is 0.271 e. The van der Waals surface area contributed by atoms with E-state index in [-0.39, 0.29) is 27.9 Å². The molecular weight excluding hydrogens is 458 g/mol. The number of rotatable bonds is 8. The number of hydrogen-bond donors (Lipinski definition) is 2. The molecule has 0 aromatic heterocycles. The van der Waals surface area contributed by atoms with Crippen LogP contribution in [0.3, 0.4) is 0 Å². The second-order valence-corrected chi connectivity index (χ2v) is 9.71. The first kappa shape index (κ1) is 23.2. The molecule has 9 nitrogen and oxygen atoms in total. The van der Waals surface area contributed by atoms with Crippen LogP contribution in [0.15, 0.2) is 77.7 Å². The predicted octanol–water partition coefficient (Wildman–Crippen LogP) is 4.21. The summed E-state index contributed by atoms with van der Waals surface area (Å²) >= 11 is 0. The Morgan fingerprint density at radius 2 is 1.71 bits per heavy atom. The highest BCUT2D eigenvalue weighted by Gasteiger charge is 2.40. The Labute approximate surface area is 197 Å². The van der Waals surface area contributed by atoms with Crippen LogP contribution >= 0.6 is 0 Å². The SMILES string of the molecule is COc1ccc([N+](=O)[O-])cc1NS(=O)(=O)c1ccc(C(=O)NC2(c3ccccc3)CCC2)cc1. The number of anilines is 1. The Morgan fingerprint density at radius 1 is 1.03 bits per heavy atom. The molecule has 3 aromatic rings. The zero-order valence-electron chi connectivity index (χ0n) is 18.4. The Kier molecular flexibility index (Phi) is 6.25. The fourth-order valence-corrected chi connectivity index (χ4v) is 5.00. The lowest BCUT2D eigenvalue weighted by molar-refractivity contribution is -0.384. The van der Waals surface area contributed by atoms with Crippen LogP contribution in [0.5, 0.6) is 5.75 Å². The number of hydrogen-bond acceptors (Lipinski definition) is 6. The highest BCUT2D eigenvalue weighted by Crippen LogP contribution is 2.41. The molecule has 1 saturated carbocycles. The van der Waals surface area contributed by atoms with Crippen molar-refractivity contribution in [3.8, 4) is 5.75 Å². The summed E-state index contributed by atoms with van der Waals surface area (Å²) in [6.45, 7) is 0. The third-order valence-corrected chi connectivity index (χ3v) is 7.33. The van der Waals surface area contributed by atoms with Gasteiger partial charge in [0.15, 0.2) is 0 Å². The van der Waals surface area contributed by atoms with Crippen LogP contribution in [0.1, 0.15) is 35.2 Å². The molecule has 0 unspecified atom stereocenters. The van der Waals surface area contributed by atoms with E-state index in [0.29, 0.717) is 5.56 Å². The number of sulfonamides is 1. The molecule has 1 aliphatic carbocycles. The number of carbonyl (C=O) groups is 1. The normalized spacial score (nSPS) is 14.5. The van der Waals surface area contributed by atoms with Crippen molar-refractivity contribution in [3.05, 3.63) is 94.0 Å². The largest absolute Gasteiger partial charge is 0.495 e. The summed E-state index contributed by atoms with van der Waals surface area (Å²) in [5.74, 6) is -0.155. The molecular formula is C24H23N3O6S. The minimum absolute atomic E-state index is 0.0618. The number of carbonyl (C=O) groups excluding carboxylic acids is 1. The van der Waals surface area contributed by atoms with Crippen molar-refractivity contribution < 1.29 is 22.9 Å². The fraction of sp³-hybridized carbons (Fsp3) is 0.208. The number of nitro groups is 1. The van der Waals surface area contributed by atoms with E-state index in [1.54, 1.807) is 0 Å². The van der Waals surface area contributed by atoms with Crippen LogP contribution in [-0.2, 0) is 15.6 Å².